The number of aromatic amines is 1. The molecule has 0 spiro atoms. The summed E-state index contributed by atoms with van der Waals surface area (Å²) in [7, 11) is 0. The van der Waals surface area contributed by atoms with Crippen molar-refractivity contribution < 1.29 is 0 Å². The average molecular weight is 159 g/mol. The number of rotatable bonds is 1. The summed E-state index contributed by atoms with van der Waals surface area (Å²) in [4.78, 5) is 7.40. The second-order valence-electron chi connectivity index (χ2n) is 2.71. The zero-order valence-corrected chi connectivity index (χ0v) is 6.76. The van der Waals surface area contributed by atoms with Gasteiger partial charge in [-0.15, -0.1) is 0 Å². The highest BCUT2D eigenvalue weighted by molar-refractivity contribution is 5.95. The highest BCUT2D eigenvalue weighted by atomic mass is 14.9. The zero-order valence-electron chi connectivity index (χ0n) is 6.76. The number of aromatic nitrogens is 2. The van der Waals surface area contributed by atoms with Crippen molar-refractivity contribution in [1.82, 2.24) is 9.97 Å². The Hall–Kier alpha value is -1.64. The fraction of sp³-hybridized carbons (Fsp3) is 0.111. The molecule has 0 aliphatic rings. The van der Waals surface area contributed by atoms with Crippen LogP contribution >= 0.6 is 0 Å². The van der Waals surface area contributed by atoms with Gasteiger partial charge in [0.25, 0.3) is 0 Å². The van der Waals surface area contributed by atoms with Crippen LogP contribution < -0.4 is 0 Å². The molecule has 0 saturated carbocycles. The van der Waals surface area contributed by atoms with Gasteiger partial charge in [-0.25, -0.2) is 4.98 Å². The highest BCUT2D eigenvalue weighted by Gasteiger charge is 2.01. The molecule has 0 aliphatic heterocycles. The maximum absolute atomic E-state index is 7.16. The van der Waals surface area contributed by atoms with Crippen LogP contribution in [0.2, 0.25) is 0 Å². The Morgan fingerprint density at radius 1 is 1.50 bits per heavy atom. The van der Waals surface area contributed by atoms with Crippen molar-refractivity contribution in [2.24, 2.45) is 0 Å². The van der Waals surface area contributed by atoms with Crippen LogP contribution in [0.5, 0.6) is 0 Å². The standard InChI is InChI=1S/C9H9N3/c1-6-11-8-4-2-3-7(5-10)9(8)12-6/h2-5,10H,1H3,(H,11,12). The number of benzene rings is 1. The number of H-pyrrole nitrogens is 1. The summed E-state index contributed by atoms with van der Waals surface area (Å²) in [6.45, 7) is 1.91. The Kier molecular flexibility index (Phi) is 1.43. The lowest BCUT2D eigenvalue weighted by Gasteiger charge is -1.91. The van der Waals surface area contributed by atoms with Crippen LogP contribution in [0.3, 0.4) is 0 Å². The monoisotopic (exact) mass is 159 g/mol. The Labute approximate surface area is 70.0 Å². The van der Waals surface area contributed by atoms with E-state index in [4.69, 9.17) is 5.41 Å². The van der Waals surface area contributed by atoms with E-state index in [1.54, 1.807) is 0 Å². The summed E-state index contributed by atoms with van der Waals surface area (Å²) in [5.41, 5.74) is 2.73. The third-order valence-corrected chi connectivity index (χ3v) is 1.82. The molecule has 2 rings (SSSR count). The van der Waals surface area contributed by atoms with Crippen molar-refractivity contribution in [2.45, 2.75) is 6.92 Å². The SMILES string of the molecule is Cc1nc2c(C=N)cccc2[nH]1. The molecule has 0 unspecified atom stereocenters. The van der Waals surface area contributed by atoms with Gasteiger partial charge in [-0.3, -0.25) is 0 Å². The number of hydrogen-bond donors (Lipinski definition) is 2. The molecule has 3 nitrogen and oxygen atoms in total. The van der Waals surface area contributed by atoms with E-state index in [1.165, 1.54) is 6.21 Å². The van der Waals surface area contributed by atoms with Crippen molar-refractivity contribution in [1.29, 1.82) is 5.41 Å². The van der Waals surface area contributed by atoms with E-state index in [0.29, 0.717) is 0 Å². The van der Waals surface area contributed by atoms with Crippen LogP contribution in [0.1, 0.15) is 11.4 Å². The van der Waals surface area contributed by atoms with Crippen molar-refractivity contribution in [3.63, 3.8) is 0 Å². The van der Waals surface area contributed by atoms with E-state index < -0.39 is 0 Å². The number of nitrogens with one attached hydrogen (secondary N) is 2. The topological polar surface area (TPSA) is 52.5 Å². The maximum Gasteiger partial charge on any atom is 0.104 e. The van der Waals surface area contributed by atoms with Crippen LogP contribution in [0.15, 0.2) is 18.2 Å². The maximum atomic E-state index is 7.16. The van der Waals surface area contributed by atoms with Crippen molar-refractivity contribution in [3.8, 4) is 0 Å². The molecule has 2 aromatic rings. The minimum absolute atomic E-state index is 0.858. The third kappa shape index (κ3) is 0.906. The van der Waals surface area contributed by atoms with Crippen LogP contribution in [0.4, 0.5) is 0 Å². The molecule has 0 fully saturated rings. The number of nitrogens with zero attached hydrogens (tertiary/aromatic N) is 1. The molecular weight excluding hydrogens is 150 g/mol. The van der Waals surface area contributed by atoms with Gasteiger partial charge in [0.1, 0.15) is 5.82 Å². The van der Waals surface area contributed by atoms with Gasteiger partial charge in [-0.05, 0) is 13.0 Å². The fourth-order valence-corrected chi connectivity index (χ4v) is 1.29. The summed E-state index contributed by atoms with van der Waals surface area (Å²) >= 11 is 0. The molecule has 12 heavy (non-hydrogen) atoms. The second kappa shape index (κ2) is 2.44. The van der Waals surface area contributed by atoms with Gasteiger partial charge in [-0.2, -0.15) is 0 Å². The minimum Gasteiger partial charge on any atom is -0.342 e. The van der Waals surface area contributed by atoms with E-state index in [-0.39, 0.29) is 0 Å². The molecule has 3 heteroatoms. The Balaban J connectivity index is 2.86. The predicted molar refractivity (Wildman–Crippen MR) is 48.7 cm³/mol. The molecule has 0 bridgehead atoms. The number of fused-ring (bicyclic) bond motifs is 1. The molecule has 1 aromatic carbocycles. The molecule has 1 aromatic heterocycles. The molecule has 0 amide bonds. The Morgan fingerprint density at radius 2 is 2.33 bits per heavy atom. The number of aryl methyl sites for hydroxylation is 1. The first kappa shape index (κ1) is 7.03. The van der Waals surface area contributed by atoms with E-state index >= 15 is 0 Å². The Morgan fingerprint density at radius 3 is 3.08 bits per heavy atom. The first-order valence-corrected chi connectivity index (χ1v) is 3.77. The summed E-state index contributed by atoms with van der Waals surface area (Å²) < 4.78 is 0. The first-order valence-electron chi connectivity index (χ1n) is 3.77. The zero-order chi connectivity index (χ0) is 8.55. The van der Waals surface area contributed by atoms with E-state index in [1.807, 2.05) is 25.1 Å². The van der Waals surface area contributed by atoms with Crippen molar-refractivity contribution >= 4 is 17.2 Å². The van der Waals surface area contributed by atoms with Gasteiger partial charge < -0.3 is 10.4 Å². The lowest BCUT2D eigenvalue weighted by Crippen LogP contribution is -1.81. The summed E-state index contributed by atoms with van der Waals surface area (Å²) in [5.74, 6) is 0.888. The lowest BCUT2D eigenvalue weighted by molar-refractivity contribution is 1.17. The second-order valence-corrected chi connectivity index (χ2v) is 2.71. The van der Waals surface area contributed by atoms with Gasteiger partial charge in [0, 0.05) is 11.8 Å². The highest BCUT2D eigenvalue weighted by Crippen LogP contribution is 2.13. The smallest absolute Gasteiger partial charge is 0.104 e. The molecule has 60 valence electrons. The number of imidazole rings is 1. The van der Waals surface area contributed by atoms with Crippen LogP contribution in [0.25, 0.3) is 11.0 Å². The van der Waals surface area contributed by atoms with E-state index in [2.05, 4.69) is 9.97 Å². The van der Waals surface area contributed by atoms with E-state index in [9.17, 15) is 0 Å². The van der Waals surface area contributed by atoms with Gasteiger partial charge >= 0.3 is 0 Å². The normalized spacial score (nSPS) is 10.4. The molecule has 1 heterocycles. The quantitative estimate of drug-likeness (QED) is 0.613. The molecular formula is C9H9N3. The van der Waals surface area contributed by atoms with Crippen molar-refractivity contribution in [2.75, 3.05) is 0 Å². The van der Waals surface area contributed by atoms with Crippen LogP contribution in [-0.2, 0) is 0 Å². The van der Waals surface area contributed by atoms with E-state index in [0.717, 1.165) is 22.4 Å². The van der Waals surface area contributed by atoms with Crippen LogP contribution in [0, 0.1) is 12.3 Å². The summed E-state index contributed by atoms with van der Waals surface area (Å²) in [6, 6.07) is 5.76. The van der Waals surface area contributed by atoms with Gasteiger partial charge in [0.05, 0.1) is 11.0 Å². The summed E-state index contributed by atoms with van der Waals surface area (Å²) in [5, 5.41) is 7.16. The third-order valence-electron chi connectivity index (χ3n) is 1.82. The largest absolute Gasteiger partial charge is 0.342 e. The minimum atomic E-state index is 0.858. The predicted octanol–water partition coefficient (Wildman–Crippen LogP) is 1.87. The number of para-hydroxylation sites is 1. The first-order chi connectivity index (χ1) is 5.81. The van der Waals surface area contributed by atoms with Gasteiger partial charge in [0.15, 0.2) is 0 Å². The number of hydrogen-bond acceptors (Lipinski definition) is 2. The molecule has 0 radical (unpaired) electrons. The van der Waals surface area contributed by atoms with Crippen LogP contribution in [-0.4, -0.2) is 16.2 Å². The van der Waals surface area contributed by atoms with Crippen molar-refractivity contribution in [3.05, 3.63) is 29.6 Å². The fourth-order valence-electron chi connectivity index (χ4n) is 1.29. The molecule has 2 N–H and O–H groups in total. The Bertz CT molecular complexity index is 428. The van der Waals surface area contributed by atoms with Gasteiger partial charge in [-0.1, -0.05) is 12.1 Å². The molecule has 0 atom stereocenters. The average Bonchev–Trinajstić information content (AvgIpc) is 2.44. The summed E-state index contributed by atoms with van der Waals surface area (Å²) in [6.07, 6.45) is 1.32. The van der Waals surface area contributed by atoms with Gasteiger partial charge in [0.2, 0.25) is 0 Å². The lowest BCUT2D eigenvalue weighted by atomic mass is 10.2. The molecule has 0 saturated heterocycles. The molecule has 0 aliphatic carbocycles.